The molecule has 0 bridgehead atoms. The van der Waals surface area contributed by atoms with Gasteiger partial charge in [0, 0.05) is 18.1 Å². The Morgan fingerprint density at radius 3 is 2.63 bits per heavy atom. The summed E-state index contributed by atoms with van der Waals surface area (Å²) in [6.07, 6.45) is 1.78. The molecule has 19 heavy (non-hydrogen) atoms. The van der Waals surface area contributed by atoms with Gasteiger partial charge in [0.2, 0.25) is 10.0 Å². The van der Waals surface area contributed by atoms with E-state index in [-0.39, 0.29) is 4.90 Å². The van der Waals surface area contributed by atoms with Gasteiger partial charge in [-0.3, -0.25) is 0 Å². The maximum Gasteiger partial charge on any atom is 0.240 e. The summed E-state index contributed by atoms with van der Waals surface area (Å²) >= 11 is 6.05. The van der Waals surface area contributed by atoms with Crippen LogP contribution in [0.1, 0.15) is 32.3 Å². The van der Waals surface area contributed by atoms with E-state index in [2.05, 4.69) is 10.0 Å². The first-order valence-electron chi connectivity index (χ1n) is 6.50. The zero-order chi connectivity index (χ0) is 14.3. The molecule has 2 N–H and O–H groups in total. The molecule has 0 aliphatic heterocycles. The van der Waals surface area contributed by atoms with Crippen LogP contribution in [0.2, 0.25) is 5.02 Å². The summed E-state index contributed by atoms with van der Waals surface area (Å²) in [6.45, 7) is 5.84. The Balaban J connectivity index is 2.88. The Kier molecular flexibility index (Phi) is 6.79. The van der Waals surface area contributed by atoms with Gasteiger partial charge in [-0.2, -0.15) is 0 Å². The molecule has 0 radical (unpaired) electrons. The zero-order valence-corrected chi connectivity index (χ0v) is 12.9. The minimum absolute atomic E-state index is 0.265. The molecule has 0 aliphatic rings. The molecule has 1 aromatic rings. The SMILES string of the molecule is CCCCNS(=O)(=O)c1ccc(Cl)c(CNCC)c1. The van der Waals surface area contributed by atoms with E-state index in [1.807, 2.05) is 13.8 Å². The number of hydrogen-bond donors (Lipinski definition) is 2. The number of unbranched alkanes of at least 4 members (excludes halogenated alkanes) is 1. The van der Waals surface area contributed by atoms with Gasteiger partial charge in [0.1, 0.15) is 0 Å². The van der Waals surface area contributed by atoms with Gasteiger partial charge in [-0.25, -0.2) is 13.1 Å². The fraction of sp³-hybridized carbons (Fsp3) is 0.538. The van der Waals surface area contributed by atoms with Gasteiger partial charge in [0.05, 0.1) is 4.90 Å². The lowest BCUT2D eigenvalue weighted by atomic mass is 10.2. The number of sulfonamides is 1. The smallest absolute Gasteiger partial charge is 0.240 e. The Hall–Kier alpha value is -0.620. The summed E-state index contributed by atoms with van der Waals surface area (Å²) in [6, 6.07) is 4.79. The third-order valence-corrected chi connectivity index (χ3v) is 4.54. The van der Waals surface area contributed by atoms with Gasteiger partial charge in [0.15, 0.2) is 0 Å². The average molecular weight is 305 g/mol. The van der Waals surface area contributed by atoms with E-state index >= 15 is 0 Å². The molecule has 4 nitrogen and oxygen atoms in total. The van der Waals surface area contributed by atoms with Crippen molar-refractivity contribution in [2.75, 3.05) is 13.1 Å². The fourth-order valence-electron chi connectivity index (χ4n) is 1.58. The maximum absolute atomic E-state index is 12.1. The second-order valence-corrected chi connectivity index (χ2v) is 6.46. The van der Waals surface area contributed by atoms with E-state index in [1.54, 1.807) is 12.1 Å². The van der Waals surface area contributed by atoms with Crippen molar-refractivity contribution >= 4 is 21.6 Å². The zero-order valence-electron chi connectivity index (χ0n) is 11.4. The Morgan fingerprint density at radius 2 is 2.00 bits per heavy atom. The van der Waals surface area contributed by atoms with E-state index in [1.165, 1.54) is 6.07 Å². The first-order chi connectivity index (χ1) is 9.01. The molecule has 0 aromatic heterocycles. The average Bonchev–Trinajstić information content (AvgIpc) is 2.37. The molecule has 1 aromatic carbocycles. The molecule has 0 amide bonds. The van der Waals surface area contributed by atoms with Crippen LogP contribution in [0.15, 0.2) is 23.1 Å². The molecule has 0 aliphatic carbocycles. The third-order valence-electron chi connectivity index (χ3n) is 2.72. The van der Waals surface area contributed by atoms with Gasteiger partial charge in [0.25, 0.3) is 0 Å². The van der Waals surface area contributed by atoms with Crippen molar-refractivity contribution in [1.29, 1.82) is 0 Å². The molecule has 0 heterocycles. The number of hydrogen-bond acceptors (Lipinski definition) is 3. The maximum atomic E-state index is 12.1. The molecule has 0 saturated heterocycles. The van der Waals surface area contributed by atoms with E-state index in [0.717, 1.165) is 24.9 Å². The Labute approximate surface area is 120 Å². The quantitative estimate of drug-likeness (QED) is 0.726. The predicted molar refractivity (Wildman–Crippen MR) is 78.9 cm³/mol. The fourth-order valence-corrected chi connectivity index (χ4v) is 2.89. The summed E-state index contributed by atoms with van der Waals surface area (Å²) in [4.78, 5) is 0.265. The summed E-state index contributed by atoms with van der Waals surface area (Å²) in [5.41, 5.74) is 0.793. The number of rotatable bonds is 8. The van der Waals surface area contributed by atoms with Crippen molar-refractivity contribution in [1.82, 2.24) is 10.0 Å². The first-order valence-corrected chi connectivity index (χ1v) is 8.36. The Morgan fingerprint density at radius 1 is 1.26 bits per heavy atom. The van der Waals surface area contributed by atoms with Crippen LogP contribution in [0, 0.1) is 0 Å². The van der Waals surface area contributed by atoms with Crippen LogP contribution in [-0.2, 0) is 16.6 Å². The van der Waals surface area contributed by atoms with Crippen LogP contribution in [0.3, 0.4) is 0 Å². The van der Waals surface area contributed by atoms with Crippen LogP contribution in [0.25, 0.3) is 0 Å². The summed E-state index contributed by atoms with van der Waals surface area (Å²) in [5, 5.41) is 3.71. The molecule has 0 atom stereocenters. The predicted octanol–water partition coefficient (Wildman–Crippen LogP) is 2.53. The second-order valence-electron chi connectivity index (χ2n) is 4.28. The van der Waals surface area contributed by atoms with E-state index < -0.39 is 10.0 Å². The molecule has 0 spiro atoms. The van der Waals surface area contributed by atoms with Crippen molar-refractivity contribution in [3.63, 3.8) is 0 Å². The van der Waals surface area contributed by atoms with Crippen molar-refractivity contribution in [2.24, 2.45) is 0 Å². The third kappa shape index (κ3) is 5.10. The summed E-state index contributed by atoms with van der Waals surface area (Å²) in [7, 11) is -3.43. The molecule has 1 rings (SSSR count). The van der Waals surface area contributed by atoms with E-state index in [4.69, 9.17) is 11.6 Å². The standard InChI is InChI=1S/C13H21ClN2O2S/c1-3-5-8-16-19(17,18)12-6-7-13(14)11(9-12)10-15-4-2/h6-7,9,15-16H,3-5,8,10H2,1-2H3. The van der Waals surface area contributed by atoms with Crippen LogP contribution >= 0.6 is 11.6 Å². The van der Waals surface area contributed by atoms with Crippen molar-refractivity contribution in [3.8, 4) is 0 Å². The normalized spacial score (nSPS) is 11.7. The van der Waals surface area contributed by atoms with E-state index in [0.29, 0.717) is 18.1 Å². The highest BCUT2D eigenvalue weighted by atomic mass is 35.5. The van der Waals surface area contributed by atoms with Crippen LogP contribution < -0.4 is 10.0 Å². The highest BCUT2D eigenvalue weighted by Gasteiger charge is 2.14. The van der Waals surface area contributed by atoms with Crippen molar-refractivity contribution in [2.45, 2.75) is 38.1 Å². The van der Waals surface area contributed by atoms with Crippen LogP contribution in [0.4, 0.5) is 0 Å². The van der Waals surface area contributed by atoms with Crippen LogP contribution in [-0.4, -0.2) is 21.5 Å². The molecule has 0 saturated carbocycles. The van der Waals surface area contributed by atoms with Gasteiger partial charge >= 0.3 is 0 Å². The topological polar surface area (TPSA) is 58.2 Å². The van der Waals surface area contributed by atoms with Gasteiger partial charge in [-0.1, -0.05) is 31.9 Å². The summed E-state index contributed by atoms with van der Waals surface area (Å²) < 4.78 is 26.7. The molecular weight excluding hydrogens is 284 g/mol. The van der Waals surface area contributed by atoms with Crippen molar-refractivity contribution < 1.29 is 8.42 Å². The minimum Gasteiger partial charge on any atom is -0.313 e. The van der Waals surface area contributed by atoms with E-state index in [9.17, 15) is 8.42 Å². The minimum atomic E-state index is -3.43. The van der Waals surface area contributed by atoms with Gasteiger partial charge < -0.3 is 5.32 Å². The number of halogens is 1. The number of benzene rings is 1. The molecule has 108 valence electrons. The second kappa shape index (κ2) is 7.85. The highest BCUT2D eigenvalue weighted by molar-refractivity contribution is 7.89. The largest absolute Gasteiger partial charge is 0.313 e. The molecule has 6 heteroatoms. The molecule has 0 unspecified atom stereocenters. The monoisotopic (exact) mass is 304 g/mol. The lowest BCUT2D eigenvalue weighted by molar-refractivity contribution is 0.578. The lowest BCUT2D eigenvalue weighted by Crippen LogP contribution is -2.25. The first kappa shape index (κ1) is 16.4. The highest BCUT2D eigenvalue weighted by Crippen LogP contribution is 2.20. The molecule has 0 fully saturated rings. The Bertz CT molecular complexity index is 503. The summed E-state index contributed by atoms with van der Waals surface area (Å²) in [5.74, 6) is 0. The van der Waals surface area contributed by atoms with Crippen molar-refractivity contribution in [3.05, 3.63) is 28.8 Å². The molecular formula is C13H21ClN2O2S. The van der Waals surface area contributed by atoms with Gasteiger partial charge in [-0.05, 0) is 36.7 Å². The van der Waals surface area contributed by atoms with Crippen LogP contribution in [0.5, 0.6) is 0 Å². The lowest BCUT2D eigenvalue weighted by Gasteiger charge is -2.10. The van der Waals surface area contributed by atoms with Gasteiger partial charge in [-0.15, -0.1) is 0 Å². The number of nitrogens with one attached hydrogen (secondary N) is 2.